The first-order chi connectivity index (χ1) is 60.3. The molecule has 126 heavy (non-hydrogen) atoms. The molecule has 0 aliphatic heterocycles. The lowest BCUT2D eigenvalue weighted by atomic mass is 9.83. The fourth-order valence-electron chi connectivity index (χ4n) is 19.9. The molecule has 0 heteroatoms. The van der Waals surface area contributed by atoms with Crippen molar-refractivity contribution in [1.82, 2.24) is 0 Å². The van der Waals surface area contributed by atoms with Gasteiger partial charge in [-0.2, -0.15) is 0 Å². The highest BCUT2D eigenvalue weighted by molar-refractivity contribution is 6.38. The molecule has 0 saturated carbocycles. The van der Waals surface area contributed by atoms with Gasteiger partial charge in [0.25, 0.3) is 0 Å². The van der Waals surface area contributed by atoms with Gasteiger partial charge in [0.15, 0.2) is 0 Å². The number of benzene rings is 21. The third kappa shape index (κ3) is 15.5. The van der Waals surface area contributed by atoms with E-state index in [1.54, 1.807) is 0 Å². The van der Waals surface area contributed by atoms with Crippen LogP contribution in [0.3, 0.4) is 0 Å². The molecular weight excluding hydrogens is 1510 g/mol. The van der Waals surface area contributed by atoms with E-state index in [-0.39, 0.29) is 21.7 Å². The van der Waals surface area contributed by atoms with E-state index in [4.69, 9.17) is 0 Å². The zero-order valence-corrected chi connectivity index (χ0v) is 78.3. The Kier molecular flexibility index (Phi) is 22.0. The molecule has 0 unspecified atom stereocenters. The Balaban J connectivity index is 0.000000125. The average Bonchev–Trinajstić information content (AvgIpc) is 0.716. The van der Waals surface area contributed by atoms with Crippen molar-refractivity contribution in [2.45, 2.75) is 199 Å². The first-order valence-electron chi connectivity index (χ1n) is 46.4. The van der Waals surface area contributed by atoms with Crippen molar-refractivity contribution < 1.29 is 0 Å². The highest BCUT2D eigenvalue weighted by Crippen LogP contribution is 2.51. The minimum absolute atomic E-state index is 0.137. The summed E-state index contributed by atoms with van der Waals surface area (Å²) in [5, 5.41) is 32.6. The van der Waals surface area contributed by atoms with Gasteiger partial charge in [-0.05, 0) is 406 Å². The molecule has 0 aromatic heterocycles. The number of hydrogen-bond donors (Lipinski definition) is 0. The zero-order valence-electron chi connectivity index (χ0n) is 78.3. The van der Waals surface area contributed by atoms with Crippen LogP contribution in [0, 0.1) is 41.5 Å². The smallest absolute Gasteiger partial charge is 0.00233 e. The maximum absolute atomic E-state index is 2.45. The summed E-state index contributed by atoms with van der Waals surface area (Å²) in [5.74, 6) is 0. The third-order valence-corrected chi connectivity index (χ3v) is 27.8. The molecule has 21 aromatic carbocycles. The minimum Gasteiger partial charge on any atom is -0.0654 e. The molecule has 0 radical (unpaired) electrons. The molecule has 626 valence electrons. The van der Waals surface area contributed by atoms with Crippen molar-refractivity contribution >= 4 is 129 Å². The quantitative estimate of drug-likeness (QED) is 0.0946. The summed E-state index contributed by atoms with van der Waals surface area (Å²) in [7, 11) is 0. The lowest BCUT2D eigenvalue weighted by Gasteiger charge is -2.21. The number of rotatable bonds is 10. The van der Waals surface area contributed by atoms with Crippen LogP contribution in [0.5, 0.6) is 0 Å². The van der Waals surface area contributed by atoms with Crippen LogP contribution in [0.2, 0.25) is 0 Å². The van der Waals surface area contributed by atoms with Crippen molar-refractivity contribution in [1.29, 1.82) is 0 Å². The first kappa shape index (κ1) is 84.4. The van der Waals surface area contributed by atoms with E-state index in [1.165, 1.54) is 283 Å². The van der Waals surface area contributed by atoms with Crippen LogP contribution in [-0.4, -0.2) is 0 Å². The van der Waals surface area contributed by atoms with E-state index in [1.807, 2.05) is 0 Å². The molecular formula is C126H122. The van der Waals surface area contributed by atoms with Gasteiger partial charge in [-0.15, -0.1) is 0 Å². The van der Waals surface area contributed by atoms with Crippen LogP contribution in [0.15, 0.2) is 297 Å². The molecule has 0 heterocycles. The second-order valence-electron chi connectivity index (χ2n) is 40.7. The summed E-state index contributed by atoms with van der Waals surface area (Å²) in [6.07, 6.45) is 6.28. The summed E-state index contributed by atoms with van der Waals surface area (Å²) in [6.45, 7) is 47.5. The predicted octanol–water partition coefficient (Wildman–Crippen LogP) is 37.4. The van der Waals surface area contributed by atoms with Crippen LogP contribution in [0.25, 0.3) is 196 Å². The van der Waals surface area contributed by atoms with Crippen LogP contribution in [-0.2, 0) is 28.1 Å². The van der Waals surface area contributed by atoms with E-state index in [9.17, 15) is 0 Å². The average molecular weight is 1640 g/mol. The minimum atomic E-state index is 0.137. The van der Waals surface area contributed by atoms with Crippen molar-refractivity contribution in [2.75, 3.05) is 0 Å². The lowest BCUT2D eigenvalue weighted by molar-refractivity contribution is 0.590. The van der Waals surface area contributed by atoms with Crippen LogP contribution < -0.4 is 0 Å². The molecule has 0 fully saturated rings. The normalized spacial score (nSPS) is 12.3. The summed E-state index contributed by atoms with van der Waals surface area (Å²) in [6, 6.07) is 114. The lowest BCUT2D eigenvalue weighted by Crippen LogP contribution is -2.10. The van der Waals surface area contributed by atoms with Gasteiger partial charge in [0, 0.05) is 0 Å². The third-order valence-electron chi connectivity index (χ3n) is 27.8. The van der Waals surface area contributed by atoms with Gasteiger partial charge in [0.2, 0.25) is 0 Å². The summed E-state index contributed by atoms with van der Waals surface area (Å²) >= 11 is 0. The summed E-state index contributed by atoms with van der Waals surface area (Å²) < 4.78 is 0. The van der Waals surface area contributed by atoms with Crippen molar-refractivity contribution in [3.8, 4) is 66.8 Å². The molecule has 0 spiro atoms. The first-order valence-corrected chi connectivity index (χ1v) is 46.4. The molecule has 0 nitrogen and oxygen atoms in total. The molecule has 21 aromatic rings. The van der Waals surface area contributed by atoms with Crippen LogP contribution in [0.1, 0.15) is 191 Å². The molecule has 0 aliphatic rings. The Labute approximate surface area is 748 Å². The summed E-state index contributed by atoms with van der Waals surface area (Å²) in [5.41, 5.74) is 30.8. The molecule has 0 aliphatic carbocycles. The van der Waals surface area contributed by atoms with Crippen molar-refractivity contribution in [3.05, 3.63) is 358 Å². The summed E-state index contributed by atoms with van der Waals surface area (Å²) in [4.78, 5) is 0. The molecule has 21 rings (SSSR count). The highest BCUT2D eigenvalue weighted by Gasteiger charge is 2.25. The SMILES string of the molecule is CCCC.CCCCc1ccc(-c2cc3c(C)ccc4c5cc(-c6ccccc6)cc6c(C)ccc(c(c2)c34)c65)cc1.Cc1ccc2c3cc(-c4ccc(C(C)(C)C)cc4)cc4c(C)ccc(c5cc(-c6ccc(C(C)(C)C)cc6)cc1c25)c43.Cc1ccc2c3ccc(C)c4cc(-c5ccc(C(C)(C)C)cc5)cc(c5cc(-c6ccc(C(C)(C)C)cc6)cc1c25)c43. The Morgan fingerprint density at radius 2 is 0.349 bits per heavy atom. The zero-order chi connectivity index (χ0) is 88.3. The number of aryl methyl sites for hydroxylation is 7. The van der Waals surface area contributed by atoms with Crippen molar-refractivity contribution in [3.63, 3.8) is 0 Å². The Morgan fingerprint density at radius 3 is 0.548 bits per heavy atom. The van der Waals surface area contributed by atoms with Gasteiger partial charge in [0.05, 0.1) is 0 Å². The Morgan fingerprint density at radius 1 is 0.167 bits per heavy atom. The van der Waals surface area contributed by atoms with Crippen LogP contribution in [0.4, 0.5) is 0 Å². The topological polar surface area (TPSA) is 0 Å². The van der Waals surface area contributed by atoms with E-state index < -0.39 is 0 Å². The maximum Gasteiger partial charge on any atom is -0.00233 e. The predicted molar refractivity (Wildman–Crippen MR) is 558 cm³/mol. The Bertz CT molecular complexity index is 7330. The fraction of sp³-hybridized carbons (Fsp3) is 0.238. The number of fused-ring (bicyclic) bond motifs is 6. The van der Waals surface area contributed by atoms with E-state index in [0.717, 1.165) is 6.42 Å². The van der Waals surface area contributed by atoms with Gasteiger partial charge in [0.1, 0.15) is 0 Å². The molecule has 0 N–H and O–H groups in total. The van der Waals surface area contributed by atoms with Crippen molar-refractivity contribution in [2.24, 2.45) is 0 Å². The van der Waals surface area contributed by atoms with E-state index in [0.29, 0.717) is 0 Å². The second kappa shape index (κ2) is 32.8. The maximum atomic E-state index is 2.45. The highest BCUT2D eigenvalue weighted by atomic mass is 14.3. The van der Waals surface area contributed by atoms with Crippen LogP contribution >= 0.6 is 0 Å². The fourth-order valence-corrected chi connectivity index (χ4v) is 19.9. The monoisotopic (exact) mass is 1630 g/mol. The second-order valence-corrected chi connectivity index (χ2v) is 40.7. The van der Waals surface area contributed by atoms with Gasteiger partial charge >= 0.3 is 0 Å². The standard InChI is InChI=1S/2C42H40.C38H32.C4H10/c1-25-9-19-33-38-24-30(28-13-17-32(18-14-28)42(6,7)8)22-36-26(2)10-20-34(40(36)38)37-23-29(21-35(25)39(33)37)27-11-15-31(16-12-27)41(3,4)5;1-25-9-19-33-34-20-10-26(2)36-22-30(28-13-17-32(18-14-28)42(6,7)8)24-38(40(34)36)37-23-29(21-35(25)39(33)37)27-11-15-31(16-12-27)41(3,4)5;1-4-5-9-26-14-16-28(17-15-26)30-21-34-25(3)13-18-31-35-22-29(27-10-7-6-8-11-27)20-33-24(2)12-19-32(37(33)35)36(23-30)38(31)34;1-3-4-2/h2*9-24H,1-8H3;6-8,10-23H,4-5,9H2,1-3H3;3-4H2,1-2H3. The number of hydrogen-bond acceptors (Lipinski definition) is 0. The van der Waals surface area contributed by atoms with Gasteiger partial charge in [-0.1, -0.05) is 348 Å². The largest absolute Gasteiger partial charge is 0.0654 e. The van der Waals surface area contributed by atoms with Gasteiger partial charge in [-0.3, -0.25) is 0 Å². The molecule has 0 atom stereocenters. The molecule has 0 saturated heterocycles. The van der Waals surface area contributed by atoms with E-state index in [2.05, 4.69) is 443 Å². The molecule has 0 bridgehead atoms. The Hall–Kier alpha value is -12.5. The van der Waals surface area contributed by atoms with Gasteiger partial charge < -0.3 is 0 Å². The molecule has 0 amide bonds. The van der Waals surface area contributed by atoms with E-state index >= 15 is 0 Å². The van der Waals surface area contributed by atoms with Gasteiger partial charge in [-0.25, -0.2) is 0 Å². The number of unbranched alkanes of at least 4 members (excludes halogenated alkanes) is 2.